The van der Waals surface area contributed by atoms with Crippen molar-refractivity contribution in [2.45, 2.75) is 32.4 Å². The van der Waals surface area contributed by atoms with E-state index in [9.17, 15) is 22.0 Å². The summed E-state index contributed by atoms with van der Waals surface area (Å²) in [4.78, 5) is 4.40. The lowest BCUT2D eigenvalue weighted by molar-refractivity contribution is -0.142. The Morgan fingerprint density at radius 1 is 0.857 bits per heavy atom. The minimum atomic E-state index is -5.13. The van der Waals surface area contributed by atoms with Gasteiger partial charge in [0.1, 0.15) is 28.8 Å². The van der Waals surface area contributed by atoms with Gasteiger partial charge in [-0.15, -0.1) is 0 Å². The lowest BCUT2D eigenvalue weighted by Gasteiger charge is -2.12. The highest BCUT2D eigenvalue weighted by Gasteiger charge is 2.37. The normalized spacial score (nSPS) is 11.7. The summed E-state index contributed by atoms with van der Waals surface area (Å²) < 4.78 is 86.6. The van der Waals surface area contributed by atoms with Crippen LogP contribution in [0.25, 0.3) is 22.0 Å². The highest BCUT2D eigenvalue weighted by atomic mass is 19.4. The molecule has 0 radical (unpaired) electrons. The van der Waals surface area contributed by atoms with Crippen LogP contribution in [0.4, 0.5) is 26.3 Å². The standard InChI is InChI=1S/C27H21F6NO/c1-2-11-35-20-8-10-24(34-15-20)19-7-9-21-18(14-19)6-5-17(26(21)30)4-3-16-12-22(28)25(23(29)13-16)27(31,32)33/h5-10,12-15H,2-4,11H2,1H3. The minimum absolute atomic E-state index is 0.0142. The summed E-state index contributed by atoms with van der Waals surface area (Å²) in [5.41, 5.74) is -0.123. The van der Waals surface area contributed by atoms with E-state index in [1.165, 1.54) is 0 Å². The predicted molar refractivity (Wildman–Crippen MR) is 122 cm³/mol. The zero-order valence-corrected chi connectivity index (χ0v) is 18.7. The maximum absolute atomic E-state index is 15.1. The molecule has 0 unspecified atom stereocenters. The van der Waals surface area contributed by atoms with E-state index >= 15 is 4.39 Å². The molecular weight excluding hydrogens is 468 g/mol. The van der Waals surface area contributed by atoms with Crippen LogP contribution in [0.2, 0.25) is 0 Å². The van der Waals surface area contributed by atoms with Gasteiger partial charge in [-0.2, -0.15) is 13.2 Å². The van der Waals surface area contributed by atoms with Crippen LogP contribution in [0.15, 0.2) is 60.8 Å². The average Bonchev–Trinajstić information content (AvgIpc) is 2.81. The van der Waals surface area contributed by atoms with Crippen molar-refractivity contribution in [1.82, 2.24) is 4.98 Å². The number of ether oxygens (including phenoxy) is 1. The number of hydrogen-bond donors (Lipinski definition) is 0. The van der Waals surface area contributed by atoms with Gasteiger partial charge in [-0.05, 0) is 66.1 Å². The van der Waals surface area contributed by atoms with Gasteiger partial charge in [0, 0.05) is 10.9 Å². The highest BCUT2D eigenvalue weighted by molar-refractivity contribution is 5.88. The molecule has 4 aromatic rings. The fraction of sp³-hybridized carbons (Fsp3) is 0.222. The van der Waals surface area contributed by atoms with Gasteiger partial charge in [0.05, 0.1) is 18.5 Å². The van der Waals surface area contributed by atoms with Crippen molar-refractivity contribution in [2.75, 3.05) is 6.61 Å². The monoisotopic (exact) mass is 489 g/mol. The van der Waals surface area contributed by atoms with Crippen LogP contribution >= 0.6 is 0 Å². The predicted octanol–water partition coefficient (Wildman–Crippen LogP) is 7.91. The fourth-order valence-corrected chi connectivity index (χ4v) is 3.87. The number of halogens is 6. The Bertz CT molecular complexity index is 1330. The second-order valence-electron chi connectivity index (χ2n) is 8.13. The summed E-state index contributed by atoms with van der Waals surface area (Å²) >= 11 is 0. The number of rotatable bonds is 7. The second kappa shape index (κ2) is 9.98. The van der Waals surface area contributed by atoms with Crippen LogP contribution in [0.5, 0.6) is 5.75 Å². The quantitative estimate of drug-likeness (QED) is 0.246. The number of aromatic nitrogens is 1. The summed E-state index contributed by atoms with van der Waals surface area (Å²) in [5, 5.41) is 1.00. The smallest absolute Gasteiger partial charge is 0.422 e. The third-order valence-electron chi connectivity index (χ3n) is 5.61. The molecule has 1 aromatic heterocycles. The molecule has 0 aliphatic heterocycles. The van der Waals surface area contributed by atoms with Crippen LogP contribution in [-0.2, 0) is 19.0 Å². The molecule has 0 spiro atoms. The third-order valence-corrected chi connectivity index (χ3v) is 5.61. The molecule has 0 saturated carbocycles. The molecule has 0 fully saturated rings. The van der Waals surface area contributed by atoms with Crippen molar-refractivity contribution in [3.8, 4) is 17.0 Å². The van der Waals surface area contributed by atoms with E-state index in [1.807, 2.05) is 19.1 Å². The van der Waals surface area contributed by atoms with Crippen LogP contribution in [0.3, 0.4) is 0 Å². The fourth-order valence-electron chi connectivity index (χ4n) is 3.87. The molecule has 4 rings (SSSR count). The molecule has 0 saturated heterocycles. The van der Waals surface area contributed by atoms with E-state index in [0.717, 1.165) is 12.0 Å². The third kappa shape index (κ3) is 5.42. The van der Waals surface area contributed by atoms with Gasteiger partial charge in [-0.25, -0.2) is 13.2 Å². The van der Waals surface area contributed by atoms with E-state index in [-0.39, 0.29) is 18.4 Å². The Kier molecular flexibility index (Phi) is 7.00. The van der Waals surface area contributed by atoms with Crippen LogP contribution in [0, 0.1) is 17.5 Å². The average molecular weight is 489 g/mol. The zero-order valence-electron chi connectivity index (χ0n) is 18.7. The maximum Gasteiger partial charge on any atom is 0.422 e. The van der Waals surface area contributed by atoms with E-state index in [1.54, 1.807) is 36.5 Å². The zero-order chi connectivity index (χ0) is 25.2. The lowest BCUT2D eigenvalue weighted by Crippen LogP contribution is -2.12. The minimum Gasteiger partial charge on any atom is -0.492 e. The summed E-state index contributed by atoms with van der Waals surface area (Å²) in [5.74, 6) is -3.19. The summed E-state index contributed by atoms with van der Waals surface area (Å²) in [6.45, 7) is 2.61. The number of alkyl halides is 3. The number of fused-ring (bicyclic) bond motifs is 1. The Hall–Kier alpha value is -3.55. The Morgan fingerprint density at radius 2 is 1.60 bits per heavy atom. The van der Waals surface area contributed by atoms with E-state index < -0.39 is 29.2 Å². The SMILES string of the molecule is CCCOc1ccc(-c2ccc3c(F)c(CCc4cc(F)c(C(F)(F)F)c(F)c4)ccc3c2)nc1. The Balaban J connectivity index is 1.53. The number of benzene rings is 3. The van der Waals surface area contributed by atoms with Gasteiger partial charge in [0.15, 0.2) is 0 Å². The van der Waals surface area contributed by atoms with Crippen molar-refractivity contribution in [2.24, 2.45) is 0 Å². The molecule has 1 heterocycles. The number of pyridine rings is 1. The lowest BCUT2D eigenvalue weighted by atomic mass is 9.97. The van der Waals surface area contributed by atoms with E-state index in [0.29, 0.717) is 46.5 Å². The van der Waals surface area contributed by atoms with Crippen molar-refractivity contribution < 1.29 is 31.1 Å². The van der Waals surface area contributed by atoms with Crippen LogP contribution < -0.4 is 4.74 Å². The van der Waals surface area contributed by atoms with Gasteiger partial charge in [-0.1, -0.05) is 31.2 Å². The summed E-state index contributed by atoms with van der Waals surface area (Å²) in [7, 11) is 0. The number of hydrogen-bond acceptors (Lipinski definition) is 2. The van der Waals surface area contributed by atoms with Gasteiger partial charge in [-0.3, -0.25) is 4.98 Å². The molecule has 0 amide bonds. The number of aryl methyl sites for hydroxylation is 2. The van der Waals surface area contributed by atoms with Gasteiger partial charge in [0.2, 0.25) is 0 Å². The van der Waals surface area contributed by atoms with Crippen molar-refractivity contribution in [1.29, 1.82) is 0 Å². The van der Waals surface area contributed by atoms with E-state index in [2.05, 4.69) is 4.98 Å². The van der Waals surface area contributed by atoms with Crippen molar-refractivity contribution >= 4 is 10.8 Å². The van der Waals surface area contributed by atoms with Gasteiger partial charge in [0.25, 0.3) is 0 Å². The first-order valence-electron chi connectivity index (χ1n) is 11.0. The molecule has 3 aromatic carbocycles. The summed E-state index contributed by atoms with van der Waals surface area (Å²) in [6, 6.07) is 13.4. The Labute approximate surface area is 198 Å². The summed E-state index contributed by atoms with van der Waals surface area (Å²) in [6.07, 6.45) is -2.57. The van der Waals surface area contributed by atoms with Crippen LogP contribution in [0.1, 0.15) is 30.0 Å². The second-order valence-corrected chi connectivity index (χ2v) is 8.13. The first kappa shape index (κ1) is 24.6. The Morgan fingerprint density at radius 3 is 2.23 bits per heavy atom. The molecule has 0 N–H and O–H groups in total. The highest BCUT2D eigenvalue weighted by Crippen LogP contribution is 2.34. The van der Waals surface area contributed by atoms with Gasteiger partial charge < -0.3 is 4.74 Å². The molecule has 0 aliphatic rings. The number of nitrogens with zero attached hydrogens (tertiary/aromatic N) is 1. The molecular formula is C27H21F6NO. The topological polar surface area (TPSA) is 22.1 Å². The largest absolute Gasteiger partial charge is 0.492 e. The molecule has 2 nitrogen and oxygen atoms in total. The molecule has 35 heavy (non-hydrogen) atoms. The van der Waals surface area contributed by atoms with Crippen LogP contribution in [-0.4, -0.2) is 11.6 Å². The van der Waals surface area contributed by atoms with Gasteiger partial charge >= 0.3 is 6.18 Å². The first-order valence-corrected chi connectivity index (χ1v) is 11.0. The van der Waals surface area contributed by atoms with Crippen molar-refractivity contribution in [3.63, 3.8) is 0 Å². The molecule has 0 bridgehead atoms. The molecule has 0 aliphatic carbocycles. The van der Waals surface area contributed by atoms with Crippen molar-refractivity contribution in [3.05, 3.63) is 94.9 Å². The molecule has 8 heteroatoms. The molecule has 0 atom stereocenters. The first-order chi connectivity index (χ1) is 16.7. The molecule has 182 valence electrons. The maximum atomic E-state index is 15.1. The van der Waals surface area contributed by atoms with E-state index in [4.69, 9.17) is 4.74 Å².